The predicted octanol–water partition coefficient (Wildman–Crippen LogP) is -0.252. The molecule has 0 aliphatic heterocycles. The van der Waals surface area contributed by atoms with E-state index in [-0.39, 0.29) is 19.0 Å². The van der Waals surface area contributed by atoms with Crippen molar-refractivity contribution in [3.8, 4) is 0 Å². The van der Waals surface area contributed by atoms with Crippen LogP contribution in [-0.4, -0.2) is 44.5 Å². The van der Waals surface area contributed by atoms with E-state index in [4.69, 9.17) is 0 Å². The molecule has 0 aromatic heterocycles. The van der Waals surface area contributed by atoms with Crippen LogP contribution in [0.15, 0.2) is 28.7 Å². The minimum absolute atomic E-state index is 0.0283. The SMILES string of the molecule is CCNC(=O)NC(=O)C[NH+](C)CC(=O)Nc1ccccc1Br. The zero-order valence-corrected chi connectivity index (χ0v) is 14.1. The molecule has 0 aliphatic rings. The van der Waals surface area contributed by atoms with Gasteiger partial charge in [-0.15, -0.1) is 0 Å². The number of carbonyl (C=O) groups excluding carboxylic acids is 3. The lowest BCUT2D eigenvalue weighted by Crippen LogP contribution is -3.11. The quantitative estimate of drug-likeness (QED) is 0.555. The second-order valence-corrected chi connectivity index (χ2v) is 5.60. The zero-order valence-electron chi connectivity index (χ0n) is 12.5. The third kappa shape index (κ3) is 6.68. The Labute approximate surface area is 137 Å². The summed E-state index contributed by atoms with van der Waals surface area (Å²) in [5.41, 5.74) is 0.673. The van der Waals surface area contributed by atoms with Crippen molar-refractivity contribution in [2.75, 3.05) is 32.0 Å². The fraction of sp³-hybridized carbons (Fsp3) is 0.357. The van der Waals surface area contributed by atoms with Crippen LogP contribution in [-0.2, 0) is 9.59 Å². The van der Waals surface area contributed by atoms with Crippen LogP contribution in [0, 0.1) is 0 Å². The molecular weight excluding hydrogens is 352 g/mol. The van der Waals surface area contributed by atoms with Crippen LogP contribution in [0.2, 0.25) is 0 Å². The van der Waals surface area contributed by atoms with Crippen molar-refractivity contribution in [1.82, 2.24) is 10.6 Å². The van der Waals surface area contributed by atoms with Crippen molar-refractivity contribution in [3.63, 3.8) is 0 Å². The minimum Gasteiger partial charge on any atom is -0.338 e. The summed E-state index contributed by atoms with van der Waals surface area (Å²) < 4.78 is 0.787. The highest BCUT2D eigenvalue weighted by Gasteiger charge is 2.16. The Balaban J connectivity index is 2.39. The third-order valence-corrected chi connectivity index (χ3v) is 3.35. The highest BCUT2D eigenvalue weighted by Crippen LogP contribution is 2.20. The molecule has 1 unspecified atom stereocenters. The summed E-state index contributed by atoms with van der Waals surface area (Å²) in [6.07, 6.45) is 0. The van der Waals surface area contributed by atoms with Gasteiger partial charge in [-0.2, -0.15) is 0 Å². The Morgan fingerprint density at radius 2 is 1.77 bits per heavy atom. The van der Waals surface area contributed by atoms with E-state index in [1.807, 2.05) is 18.2 Å². The first-order chi connectivity index (χ1) is 10.4. The standard InChI is InChI=1S/C14H19BrN4O3/c1-3-16-14(22)18-13(21)9-19(2)8-12(20)17-11-7-5-4-6-10(11)15/h4-7H,3,8-9H2,1-2H3,(H,17,20)(H2,16,18,21,22)/p+1. The normalized spacial score (nSPS) is 11.4. The molecule has 1 atom stereocenters. The maximum absolute atomic E-state index is 11.9. The predicted molar refractivity (Wildman–Crippen MR) is 86.6 cm³/mol. The molecule has 0 spiro atoms. The molecule has 4 N–H and O–H groups in total. The Bertz CT molecular complexity index is 551. The second kappa shape index (κ2) is 9.16. The summed E-state index contributed by atoms with van der Waals surface area (Å²) in [6.45, 7) is 2.34. The summed E-state index contributed by atoms with van der Waals surface area (Å²) in [5, 5.41) is 7.42. The van der Waals surface area contributed by atoms with Gasteiger partial charge in [-0.05, 0) is 35.0 Å². The van der Waals surface area contributed by atoms with Crippen LogP contribution in [0.3, 0.4) is 0 Å². The summed E-state index contributed by atoms with van der Waals surface area (Å²) in [6, 6.07) is 6.74. The Morgan fingerprint density at radius 1 is 1.14 bits per heavy atom. The van der Waals surface area contributed by atoms with Gasteiger partial charge in [-0.25, -0.2) is 4.79 Å². The Hall–Kier alpha value is -1.93. The fourth-order valence-electron chi connectivity index (χ4n) is 1.74. The average Bonchev–Trinajstić information content (AvgIpc) is 2.40. The number of urea groups is 1. The molecule has 120 valence electrons. The summed E-state index contributed by atoms with van der Waals surface area (Å²) in [4.78, 5) is 35.4. The van der Waals surface area contributed by atoms with Gasteiger partial charge in [0.1, 0.15) is 0 Å². The topological polar surface area (TPSA) is 91.7 Å². The average molecular weight is 372 g/mol. The van der Waals surface area contributed by atoms with Crippen molar-refractivity contribution in [3.05, 3.63) is 28.7 Å². The lowest BCUT2D eigenvalue weighted by Gasteiger charge is -2.14. The molecule has 0 radical (unpaired) electrons. The monoisotopic (exact) mass is 371 g/mol. The molecule has 7 nitrogen and oxygen atoms in total. The van der Waals surface area contributed by atoms with Gasteiger partial charge < -0.3 is 15.5 Å². The second-order valence-electron chi connectivity index (χ2n) is 4.75. The van der Waals surface area contributed by atoms with Crippen LogP contribution in [0.1, 0.15) is 6.92 Å². The first-order valence-electron chi connectivity index (χ1n) is 6.85. The minimum atomic E-state index is -0.530. The molecule has 1 aromatic carbocycles. The van der Waals surface area contributed by atoms with Gasteiger partial charge in [0.05, 0.1) is 12.7 Å². The van der Waals surface area contributed by atoms with Gasteiger partial charge in [0.25, 0.3) is 11.8 Å². The van der Waals surface area contributed by atoms with E-state index < -0.39 is 11.9 Å². The number of carbonyl (C=O) groups is 3. The molecule has 0 fully saturated rings. The Kier molecular flexibility index (Phi) is 7.55. The lowest BCUT2D eigenvalue weighted by atomic mass is 10.3. The van der Waals surface area contributed by atoms with Crippen LogP contribution in [0.5, 0.6) is 0 Å². The number of hydrogen-bond donors (Lipinski definition) is 4. The summed E-state index contributed by atoms with van der Waals surface area (Å²) in [7, 11) is 1.71. The molecule has 8 heteroatoms. The van der Waals surface area contributed by atoms with E-state index in [0.29, 0.717) is 17.1 Å². The number of quaternary nitrogens is 1. The van der Waals surface area contributed by atoms with Crippen LogP contribution in [0.4, 0.5) is 10.5 Å². The largest absolute Gasteiger partial charge is 0.338 e. The van der Waals surface area contributed by atoms with Crippen molar-refractivity contribution < 1.29 is 19.3 Å². The molecular formula is C14H20BrN4O3+. The van der Waals surface area contributed by atoms with E-state index in [0.717, 1.165) is 4.47 Å². The number of nitrogens with one attached hydrogen (secondary N) is 4. The van der Waals surface area contributed by atoms with Crippen molar-refractivity contribution >= 4 is 39.5 Å². The first kappa shape index (κ1) is 18.1. The number of anilines is 1. The fourth-order valence-corrected chi connectivity index (χ4v) is 2.13. The number of halogens is 1. The van der Waals surface area contributed by atoms with Gasteiger partial charge in [-0.3, -0.25) is 14.9 Å². The van der Waals surface area contributed by atoms with Crippen LogP contribution in [0.25, 0.3) is 0 Å². The third-order valence-electron chi connectivity index (χ3n) is 2.66. The smallest absolute Gasteiger partial charge is 0.321 e. The molecule has 0 saturated carbocycles. The van der Waals surface area contributed by atoms with Gasteiger partial charge in [0, 0.05) is 11.0 Å². The Morgan fingerprint density at radius 3 is 2.41 bits per heavy atom. The number of likely N-dealkylation sites (N-methyl/N-ethyl adjacent to an activating group) is 1. The van der Waals surface area contributed by atoms with Gasteiger partial charge in [-0.1, -0.05) is 12.1 Å². The van der Waals surface area contributed by atoms with Crippen LogP contribution >= 0.6 is 15.9 Å². The molecule has 4 amide bonds. The highest BCUT2D eigenvalue weighted by atomic mass is 79.9. The van der Waals surface area contributed by atoms with Crippen molar-refractivity contribution in [2.24, 2.45) is 0 Å². The molecule has 0 heterocycles. The molecule has 0 saturated heterocycles. The van der Waals surface area contributed by atoms with E-state index in [1.165, 1.54) is 0 Å². The maximum Gasteiger partial charge on any atom is 0.321 e. The van der Waals surface area contributed by atoms with Gasteiger partial charge in [0.15, 0.2) is 13.1 Å². The van der Waals surface area contributed by atoms with Crippen LogP contribution < -0.4 is 20.9 Å². The van der Waals surface area contributed by atoms with Gasteiger partial charge >= 0.3 is 6.03 Å². The number of benzene rings is 1. The number of imide groups is 1. The zero-order chi connectivity index (χ0) is 16.5. The van der Waals surface area contributed by atoms with E-state index >= 15 is 0 Å². The number of rotatable bonds is 6. The van der Waals surface area contributed by atoms with E-state index in [9.17, 15) is 14.4 Å². The number of amides is 4. The summed E-state index contributed by atoms with van der Waals surface area (Å²) >= 11 is 3.34. The van der Waals surface area contributed by atoms with E-state index in [1.54, 1.807) is 20.0 Å². The molecule has 0 bridgehead atoms. The lowest BCUT2D eigenvalue weighted by molar-refractivity contribution is -0.862. The van der Waals surface area contributed by atoms with Crippen molar-refractivity contribution in [1.29, 1.82) is 0 Å². The van der Waals surface area contributed by atoms with Crippen molar-refractivity contribution in [2.45, 2.75) is 6.92 Å². The molecule has 22 heavy (non-hydrogen) atoms. The molecule has 1 rings (SSSR count). The van der Waals surface area contributed by atoms with Gasteiger partial charge in [0.2, 0.25) is 0 Å². The summed E-state index contributed by atoms with van der Waals surface area (Å²) in [5.74, 6) is -0.646. The number of hydrogen-bond acceptors (Lipinski definition) is 3. The molecule has 1 aromatic rings. The van der Waals surface area contributed by atoms with E-state index in [2.05, 4.69) is 31.9 Å². The molecule has 0 aliphatic carbocycles. The number of para-hydroxylation sites is 1. The highest BCUT2D eigenvalue weighted by molar-refractivity contribution is 9.10. The first-order valence-corrected chi connectivity index (χ1v) is 7.65. The maximum atomic E-state index is 11.9.